The first-order valence-electron chi connectivity index (χ1n) is 7.23. The fourth-order valence-corrected chi connectivity index (χ4v) is 3.51. The van der Waals surface area contributed by atoms with Crippen LogP contribution in [0.15, 0.2) is 16.6 Å². The summed E-state index contributed by atoms with van der Waals surface area (Å²) in [5, 5.41) is 0.128. The number of hydrazine groups is 1. The Hall–Kier alpha value is -0.160. The molecule has 1 saturated carbocycles. The summed E-state index contributed by atoms with van der Waals surface area (Å²) in [6.07, 6.45) is 8.46. The van der Waals surface area contributed by atoms with Crippen molar-refractivity contribution in [3.8, 4) is 0 Å². The second-order valence-electron chi connectivity index (χ2n) is 5.58. The van der Waals surface area contributed by atoms with E-state index in [2.05, 4.69) is 21.4 Å². The predicted octanol–water partition coefficient (Wildman–Crippen LogP) is 5.11. The van der Waals surface area contributed by atoms with Gasteiger partial charge in [-0.3, -0.25) is 11.3 Å². The zero-order valence-electron chi connectivity index (χ0n) is 11.5. The van der Waals surface area contributed by atoms with Gasteiger partial charge in [0.2, 0.25) is 0 Å². The Labute approximate surface area is 133 Å². The monoisotopic (exact) mass is 362 g/mol. The van der Waals surface area contributed by atoms with Crippen molar-refractivity contribution in [2.75, 3.05) is 0 Å². The summed E-state index contributed by atoms with van der Waals surface area (Å²) in [4.78, 5) is 0. The summed E-state index contributed by atoms with van der Waals surface area (Å²) < 4.78 is 14.9. The molecule has 0 heterocycles. The van der Waals surface area contributed by atoms with Gasteiger partial charge in [0.15, 0.2) is 0 Å². The van der Waals surface area contributed by atoms with Crippen molar-refractivity contribution in [1.29, 1.82) is 0 Å². The predicted molar refractivity (Wildman–Crippen MR) is 85.0 cm³/mol. The van der Waals surface area contributed by atoms with Crippen LogP contribution in [0.1, 0.15) is 56.6 Å². The standard InChI is InChI=1S/C15H21BrClFN2/c16-12-8-7-11(15(18)14(12)17)13(20-19)9-10-5-3-1-2-4-6-10/h7-8,10,13,20H,1-6,9,19H2. The van der Waals surface area contributed by atoms with Gasteiger partial charge in [0.05, 0.1) is 5.02 Å². The van der Waals surface area contributed by atoms with Gasteiger partial charge >= 0.3 is 0 Å². The number of rotatable bonds is 4. The first-order chi connectivity index (χ1) is 9.63. The van der Waals surface area contributed by atoms with Gasteiger partial charge in [-0.2, -0.15) is 0 Å². The van der Waals surface area contributed by atoms with Crippen LogP contribution in [-0.4, -0.2) is 0 Å². The molecule has 1 aliphatic rings. The molecule has 5 heteroatoms. The Morgan fingerprint density at radius 1 is 1.30 bits per heavy atom. The Morgan fingerprint density at radius 3 is 2.55 bits per heavy atom. The van der Waals surface area contributed by atoms with Crippen molar-refractivity contribution < 1.29 is 4.39 Å². The normalized spacial score (nSPS) is 18.8. The lowest BCUT2D eigenvalue weighted by atomic mass is 9.89. The van der Waals surface area contributed by atoms with Crippen LogP contribution < -0.4 is 11.3 Å². The minimum atomic E-state index is -0.377. The lowest BCUT2D eigenvalue weighted by molar-refractivity contribution is 0.353. The summed E-state index contributed by atoms with van der Waals surface area (Å²) in [6, 6.07) is 3.36. The molecule has 0 spiro atoms. The number of benzene rings is 1. The van der Waals surface area contributed by atoms with E-state index in [-0.39, 0.29) is 16.9 Å². The lowest BCUT2D eigenvalue weighted by Crippen LogP contribution is -2.30. The van der Waals surface area contributed by atoms with Crippen LogP contribution in [0.3, 0.4) is 0 Å². The third-order valence-electron chi connectivity index (χ3n) is 4.19. The zero-order chi connectivity index (χ0) is 14.5. The van der Waals surface area contributed by atoms with Gasteiger partial charge in [-0.05, 0) is 34.3 Å². The second-order valence-corrected chi connectivity index (χ2v) is 6.81. The molecular formula is C15H21BrClFN2. The van der Waals surface area contributed by atoms with Gasteiger partial charge < -0.3 is 0 Å². The summed E-state index contributed by atoms with van der Waals surface area (Å²) in [5.74, 6) is 5.88. The SMILES string of the molecule is NNC(CC1CCCCCC1)c1ccc(Br)c(Cl)c1F. The van der Waals surface area contributed by atoms with E-state index in [1.165, 1.54) is 38.5 Å². The Kier molecular flexibility index (Phi) is 6.27. The summed E-state index contributed by atoms with van der Waals surface area (Å²) in [5.41, 5.74) is 3.32. The molecule has 0 saturated heterocycles. The third kappa shape index (κ3) is 3.94. The number of nitrogens with two attached hydrogens (primary N) is 1. The van der Waals surface area contributed by atoms with Crippen molar-refractivity contribution >= 4 is 27.5 Å². The molecule has 0 aliphatic heterocycles. The van der Waals surface area contributed by atoms with Crippen LogP contribution in [0.5, 0.6) is 0 Å². The fourth-order valence-electron chi connectivity index (χ4n) is 3.03. The van der Waals surface area contributed by atoms with Crippen LogP contribution in [0.2, 0.25) is 5.02 Å². The highest BCUT2D eigenvalue weighted by Gasteiger charge is 2.22. The topological polar surface area (TPSA) is 38.0 Å². The Bertz CT molecular complexity index is 448. The zero-order valence-corrected chi connectivity index (χ0v) is 13.8. The minimum Gasteiger partial charge on any atom is -0.271 e. The van der Waals surface area contributed by atoms with Crippen LogP contribution in [0, 0.1) is 11.7 Å². The van der Waals surface area contributed by atoms with Crippen LogP contribution in [0.25, 0.3) is 0 Å². The first-order valence-corrected chi connectivity index (χ1v) is 8.40. The van der Waals surface area contributed by atoms with E-state index in [0.717, 1.165) is 6.42 Å². The average molecular weight is 364 g/mol. The Morgan fingerprint density at radius 2 is 1.95 bits per heavy atom. The van der Waals surface area contributed by atoms with E-state index in [9.17, 15) is 4.39 Å². The number of nitrogens with one attached hydrogen (secondary N) is 1. The quantitative estimate of drug-likeness (QED) is 0.338. The molecule has 0 aromatic heterocycles. The first kappa shape index (κ1) is 16.2. The molecule has 112 valence electrons. The third-order valence-corrected chi connectivity index (χ3v) is 5.44. The number of hydrogen-bond donors (Lipinski definition) is 2. The van der Waals surface area contributed by atoms with Gasteiger partial charge in [-0.15, -0.1) is 0 Å². The van der Waals surface area contributed by atoms with Crippen LogP contribution in [0.4, 0.5) is 4.39 Å². The summed E-state index contributed by atoms with van der Waals surface area (Å²) in [6.45, 7) is 0. The second kappa shape index (κ2) is 7.74. The summed E-state index contributed by atoms with van der Waals surface area (Å²) >= 11 is 9.20. The van der Waals surface area contributed by atoms with Gasteiger partial charge in [0.25, 0.3) is 0 Å². The van der Waals surface area contributed by atoms with Crippen molar-refractivity contribution in [1.82, 2.24) is 5.43 Å². The highest BCUT2D eigenvalue weighted by Crippen LogP contribution is 2.35. The molecule has 1 aliphatic carbocycles. The number of halogens is 3. The summed E-state index contributed by atoms with van der Waals surface area (Å²) in [7, 11) is 0. The molecule has 0 bridgehead atoms. The number of hydrogen-bond acceptors (Lipinski definition) is 2. The van der Waals surface area contributed by atoms with E-state index >= 15 is 0 Å². The minimum absolute atomic E-state index is 0.128. The molecule has 2 rings (SSSR count). The van der Waals surface area contributed by atoms with E-state index < -0.39 is 0 Å². The van der Waals surface area contributed by atoms with Gasteiger partial charge in [0, 0.05) is 16.1 Å². The smallest absolute Gasteiger partial charge is 0.147 e. The van der Waals surface area contributed by atoms with Gasteiger partial charge in [-0.1, -0.05) is 56.2 Å². The molecule has 1 atom stereocenters. The molecule has 1 aromatic carbocycles. The molecule has 2 nitrogen and oxygen atoms in total. The highest BCUT2D eigenvalue weighted by molar-refractivity contribution is 9.10. The van der Waals surface area contributed by atoms with Crippen LogP contribution in [-0.2, 0) is 0 Å². The molecule has 20 heavy (non-hydrogen) atoms. The molecule has 0 amide bonds. The van der Waals surface area contributed by atoms with Gasteiger partial charge in [0.1, 0.15) is 5.82 Å². The Balaban J connectivity index is 2.13. The maximum atomic E-state index is 14.3. The van der Waals surface area contributed by atoms with E-state index in [4.69, 9.17) is 17.4 Å². The van der Waals surface area contributed by atoms with Crippen LogP contribution >= 0.6 is 27.5 Å². The van der Waals surface area contributed by atoms with E-state index in [0.29, 0.717) is 16.0 Å². The van der Waals surface area contributed by atoms with Crippen molar-refractivity contribution in [3.63, 3.8) is 0 Å². The highest BCUT2D eigenvalue weighted by atomic mass is 79.9. The molecule has 1 aromatic rings. The van der Waals surface area contributed by atoms with Crippen molar-refractivity contribution in [3.05, 3.63) is 33.0 Å². The maximum absolute atomic E-state index is 14.3. The molecular weight excluding hydrogens is 343 g/mol. The maximum Gasteiger partial charge on any atom is 0.147 e. The average Bonchev–Trinajstić information content (AvgIpc) is 2.71. The molecule has 0 radical (unpaired) electrons. The van der Waals surface area contributed by atoms with Gasteiger partial charge in [-0.25, -0.2) is 4.39 Å². The van der Waals surface area contributed by atoms with E-state index in [1.54, 1.807) is 12.1 Å². The fraction of sp³-hybridized carbons (Fsp3) is 0.600. The molecule has 1 fully saturated rings. The molecule has 3 N–H and O–H groups in total. The van der Waals surface area contributed by atoms with Crippen molar-refractivity contribution in [2.45, 2.75) is 51.0 Å². The molecule has 1 unspecified atom stereocenters. The van der Waals surface area contributed by atoms with E-state index in [1.807, 2.05) is 0 Å². The van der Waals surface area contributed by atoms with Crippen molar-refractivity contribution in [2.24, 2.45) is 11.8 Å². The lowest BCUT2D eigenvalue weighted by Gasteiger charge is -2.23. The largest absolute Gasteiger partial charge is 0.271 e.